The van der Waals surface area contributed by atoms with Crippen molar-refractivity contribution >= 4 is 17.5 Å². The largest absolute Gasteiger partial charge is 0.493 e. The smallest absolute Gasteiger partial charge is 0.405 e. The molecule has 2 amide bonds. The Morgan fingerprint density at radius 2 is 1.62 bits per heavy atom. The fourth-order valence-electron chi connectivity index (χ4n) is 2.50. The van der Waals surface area contributed by atoms with Crippen molar-refractivity contribution in [2.24, 2.45) is 0 Å². The molecule has 29 heavy (non-hydrogen) atoms. The molecule has 0 heterocycles. The average Bonchev–Trinajstić information content (AvgIpc) is 2.70. The Morgan fingerprint density at radius 3 is 2.21 bits per heavy atom. The van der Waals surface area contributed by atoms with Gasteiger partial charge in [0.25, 0.3) is 5.91 Å². The highest BCUT2D eigenvalue weighted by Crippen LogP contribution is 2.28. The van der Waals surface area contributed by atoms with Gasteiger partial charge in [0.05, 0.1) is 14.2 Å². The molecule has 0 aliphatic carbocycles. The van der Waals surface area contributed by atoms with Gasteiger partial charge in [0.15, 0.2) is 11.5 Å². The lowest BCUT2D eigenvalue weighted by atomic mass is 10.1. The zero-order valence-electron chi connectivity index (χ0n) is 15.9. The molecule has 9 heteroatoms. The maximum absolute atomic E-state index is 12.1. The third-order valence-corrected chi connectivity index (χ3v) is 3.97. The fraction of sp³-hybridized carbons (Fsp3) is 0.300. The number of hydrogen-bond acceptors (Lipinski definition) is 4. The minimum absolute atomic E-state index is 0.0672. The van der Waals surface area contributed by atoms with Gasteiger partial charge in [-0.1, -0.05) is 6.07 Å². The summed E-state index contributed by atoms with van der Waals surface area (Å²) in [5.74, 6) is 0.0903. The molecular weight excluding hydrogens is 389 g/mol. The van der Waals surface area contributed by atoms with Crippen LogP contribution in [0.1, 0.15) is 22.3 Å². The first kappa shape index (κ1) is 22.1. The Morgan fingerprint density at radius 1 is 0.966 bits per heavy atom. The van der Waals surface area contributed by atoms with E-state index in [1.165, 1.54) is 38.5 Å². The van der Waals surface area contributed by atoms with Crippen LogP contribution >= 0.6 is 0 Å². The Bertz CT molecular complexity index is 852. The summed E-state index contributed by atoms with van der Waals surface area (Å²) < 4.78 is 46.8. The number of rotatable bonds is 8. The van der Waals surface area contributed by atoms with E-state index in [-0.39, 0.29) is 17.9 Å². The molecular formula is C20H21F3N2O4. The highest BCUT2D eigenvalue weighted by Gasteiger charge is 2.27. The number of aryl methyl sites for hydroxylation is 1. The van der Waals surface area contributed by atoms with E-state index in [0.717, 1.165) is 5.56 Å². The van der Waals surface area contributed by atoms with Crippen LogP contribution in [0.4, 0.5) is 18.9 Å². The molecule has 0 saturated heterocycles. The number of benzene rings is 2. The summed E-state index contributed by atoms with van der Waals surface area (Å²) in [5.41, 5.74) is 1.40. The van der Waals surface area contributed by atoms with Crippen LogP contribution in [0.25, 0.3) is 0 Å². The van der Waals surface area contributed by atoms with Gasteiger partial charge in [0, 0.05) is 17.7 Å². The lowest BCUT2D eigenvalue weighted by molar-refractivity contribution is -0.123. The highest BCUT2D eigenvalue weighted by molar-refractivity contribution is 5.95. The number of nitrogens with one attached hydrogen (secondary N) is 2. The summed E-state index contributed by atoms with van der Waals surface area (Å²) in [4.78, 5) is 23.8. The summed E-state index contributed by atoms with van der Waals surface area (Å²) in [6.45, 7) is -1.40. The van der Waals surface area contributed by atoms with Crippen molar-refractivity contribution in [2.75, 3.05) is 26.1 Å². The zero-order chi connectivity index (χ0) is 21.4. The molecule has 2 N–H and O–H groups in total. The minimum Gasteiger partial charge on any atom is -0.493 e. The van der Waals surface area contributed by atoms with Crippen molar-refractivity contribution in [3.63, 3.8) is 0 Å². The van der Waals surface area contributed by atoms with Gasteiger partial charge in [-0.2, -0.15) is 13.2 Å². The number of hydrogen-bond donors (Lipinski definition) is 2. The van der Waals surface area contributed by atoms with Crippen molar-refractivity contribution in [1.82, 2.24) is 5.32 Å². The second kappa shape index (κ2) is 9.81. The Balaban J connectivity index is 1.87. The first-order valence-corrected chi connectivity index (χ1v) is 8.67. The first-order valence-electron chi connectivity index (χ1n) is 8.67. The van der Waals surface area contributed by atoms with Crippen LogP contribution in [0.15, 0.2) is 42.5 Å². The van der Waals surface area contributed by atoms with E-state index in [4.69, 9.17) is 9.47 Å². The van der Waals surface area contributed by atoms with Gasteiger partial charge >= 0.3 is 6.18 Å². The molecule has 0 unspecified atom stereocenters. The van der Waals surface area contributed by atoms with Crippen molar-refractivity contribution in [3.8, 4) is 11.5 Å². The average molecular weight is 410 g/mol. The number of halogens is 3. The van der Waals surface area contributed by atoms with Crippen LogP contribution in [0.3, 0.4) is 0 Å². The minimum atomic E-state index is -4.47. The molecule has 0 radical (unpaired) electrons. The second-order valence-electron chi connectivity index (χ2n) is 6.11. The predicted molar refractivity (Wildman–Crippen MR) is 101 cm³/mol. The number of carbonyl (C=O) groups excluding carboxylic acids is 2. The van der Waals surface area contributed by atoms with E-state index in [1.54, 1.807) is 17.4 Å². The monoisotopic (exact) mass is 410 g/mol. The molecule has 2 rings (SSSR count). The third-order valence-electron chi connectivity index (χ3n) is 3.97. The van der Waals surface area contributed by atoms with Gasteiger partial charge in [0.1, 0.15) is 6.54 Å². The molecule has 0 spiro atoms. The molecule has 0 fully saturated rings. The summed E-state index contributed by atoms with van der Waals surface area (Å²) in [7, 11) is 3.07. The molecule has 0 bridgehead atoms. The molecule has 0 saturated carbocycles. The molecule has 156 valence electrons. The van der Waals surface area contributed by atoms with E-state index >= 15 is 0 Å². The van der Waals surface area contributed by atoms with Gasteiger partial charge in [-0.3, -0.25) is 9.59 Å². The molecule has 0 aliphatic rings. The summed E-state index contributed by atoms with van der Waals surface area (Å²) >= 11 is 0. The number of alkyl halides is 3. The summed E-state index contributed by atoms with van der Waals surface area (Å²) in [6.07, 6.45) is -3.79. The standard InChI is InChI=1S/C20H21F3N2O4/c1-28-16-9-3-13(11-17(16)29-2)4-10-18(26)25-15-7-5-14(6-8-15)19(27)24-12-20(21,22)23/h3,5-9,11H,4,10,12H2,1-2H3,(H,24,27)(H,25,26). The predicted octanol–water partition coefficient (Wildman–Crippen LogP) is 3.57. The van der Waals surface area contributed by atoms with Crippen molar-refractivity contribution in [1.29, 1.82) is 0 Å². The number of methoxy groups -OCH3 is 2. The summed E-state index contributed by atoms with van der Waals surface area (Å²) in [6, 6.07) is 11.0. The Hall–Kier alpha value is -3.23. The fourth-order valence-corrected chi connectivity index (χ4v) is 2.50. The van der Waals surface area contributed by atoms with Crippen LogP contribution in [-0.2, 0) is 11.2 Å². The highest BCUT2D eigenvalue weighted by atomic mass is 19.4. The third kappa shape index (κ3) is 7.02. The number of ether oxygens (including phenoxy) is 2. The van der Waals surface area contributed by atoms with Gasteiger partial charge in [0.2, 0.25) is 5.91 Å². The van der Waals surface area contributed by atoms with E-state index < -0.39 is 18.6 Å². The van der Waals surface area contributed by atoms with Crippen molar-refractivity contribution in [2.45, 2.75) is 19.0 Å². The van der Waals surface area contributed by atoms with E-state index in [9.17, 15) is 22.8 Å². The molecule has 2 aromatic rings. The normalized spacial score (nSPS) is 10.9. The molecule has 0 aliphatic heterocycles. The van der Waals surface area contributed by atoms with Gasteiger partial charge in [-0.15, -0.1) is 0 Å². The lowest BCUT2D eigenvalue weighted by Crippen LogP contribution is -2.33. The van der Waals surface area contributed by atoms with Crippen molar-refractivity contribution in [3.05, 3.63) is 53.6 Å². The van der Waals surface area contributed by atoms with E-state index in [2.05, 4.69) is 5.32 Å². The van der Waals surface area contributed by atoms with Gasteiger partial charge in [-0.05, 0) is 48.4 Å². The van der Waals surface area contributed by atoms with Crippen LogP contribution in [0.5, 0.6) is 11.5 Å². The molecule has 6 nitrogen and oxygen atoms in total. The zero-order valence-corrected chi connectivity index (χ0v) is 15.9. The van der Waals surface area contributed by atoms with Gasteiger partial charge in [-0.25, -0.2) is 0 Å². The van der Waals surface area contributed by atoms with Crippen LogP contribution in [-0.4, -0.2) is 38.8 Å². The van der Waals surface area contributed by atoms with Crippen molar-refractivity contribution < 1.29 is 32.2 Å². The maximum Gasteiger partial charge on any atom is 0.405 e. The maximum atomic E-state index is 12.1. The first-order chi connectivity index (χ1) is 13.7. The number of anilines is 1. The topological polar surface area (TPSA) is 76.7 Å². The Labute approximate surface area is 166 Å². The Kier molecular flexibility index (Phi) is 7.46. The second-order valence-corrected chi connectivity index (χ2v) is 6.11. The molecule has 2 aromatic carbocycles. The van der Waals surface area contributed by atoms with Crippen LogP contribution in [0, 0.1) is 0 Å². The lowest BCUT2D eigenvalue weighted by Gasteiger charge is -2.10. The summed E-state index contributed by atoms with van der Waals surface area (Å²) in [5, 5.41) is 4.46. The number of amides is 2. The van der Waals surface area contributed by atoms with Crippen LogP contribution < -0.4 is 20.1 Å². The van der Waals surface area contributed by atoms with Crippen LogP contribution in [0.2, 0.25) is 0 Å². The van der Waals surface area contributed by atoms with E-state index in [1.807, 2.05) is 6.07 Å². The van der Waals surface area contributed by atoms with E-state index in [0.29, 0.717) is 23.6 Å². The van der Waals surface area contributed by atoms with Gasteiger partial charge < -0.3 is 20.1 Å². The number of carbonyl (C=O) groups is 2. The molecule has 0 atom stereocenters. The quantitative estimate of drug-likeness (QED) is 0.698. The SMILES string of the molecule is COc1ccc(CCC(=O)Nc2ccc(C(=O)NCC(F)(F)F)cc2)cc1OC. The molecule has 0 aromatic heterocycles.